The van der Waals surface area contributed by atoms with Crippen LogP contribution in [-0.2, 0) is 21.4 Å². The average Bonchev–Trinajstić information content (AvgIpc) is 2.89. The molecule has 198 valence electrons. The van der Waals surface area contributed by atoms with Crippen LogP contribution >= 0.6 is 11.6 Å². The molecule has 2 heterocycles. The molecule has 0 bridgehead atoms. The zero-order chi connectivity index (χ0) is 27.6. The van der Waals surface area contributed by atoms with Gasteiger partial charge in [0.05, 0.1) is 35.9 Å². The van der Waals surface area contributed by atoms with Gasteiger partial charge in [-0.3, -0.25) is 18.9 Å². The van der Waals surface area contributed by atoms with Crippen LogP contribution < -0.4 is 20.3 Å². The van der Waals surface area contributed by atoms with Crippen LogP contribution in [0.5, 0.6) is 5.88 Å². The molecule has 0 aliphatic heterocycles. The van der Waals surface area contributed by atoms with Gasteiger partial charge in [0.1, 0.15) is 16.4 Å². The van der Waals surface area contributed by atoms with Crippen LogP contribution in [0.2, 0.25) is 5.02 Å². The smallest absolute Gasteiger partial charge is 0.263 e. The first-order chi connectivity index (χ1) is 18.0. The molecule has 14 heteroatoms. The van der Waals surface area contributed by atoms with Crippen molar-refractivity contribution < 1.29 is 27.4 Å². The maximum atomic E-state index is 13.4. The van der Waals surface area contributed by atoms with Crippen molar-refractivity contribution in [2.24, 2.45) is 0 Å². The summed E-state index contributed by atoms with van der Waals surface area (Å²) in [4.78, 5) is 32.7. The molecule has 11 nitrogen and oxygen atoms in total. The summed E-state index contributed by atoms with van der Waals surface area (Å²) < 4.78 is 48.0. The minimum absolute atomic E-state index is 0.0252. The molecule has 0 unspecified atom stereocenters. The van der Waals surface area contributed by atoms with Gasteiger partial charge in [-0.2, -0.15) is 0 Å². The summed E-state index contributed by atoms with van der Waals surface area (Å²) in [6.07, 6.45) is 1.21. The predicted molar refractivity (Wildman–Crippen MR) is 138 cm³/mol. The van der Waals surface area contributed by atoms with Gasteiger partial charge in [-0.25, -0.2) is 22.8 Å². The molecule has 1 amide bonds. The van der Waals surface area contributed by atoms with E-state index in [2.05, 4.69) is 20.0 Å². The highest BCUT2D eigenvalue weighted by molar-refractivity contribution is 7.92. The van der Waals surface area contributed by atoms with E-state index in [0.29, 0.717) is 16.6 Å². The molecule has 38 heavy (non-hydrogen) atoms. The second-order valence-corrected chi connectivity index (χ2v) is 10.1. The molecular weight excluding hydrogens is 541 g/mol. The van der Waals surface area contributed by atoms with E-state index in [1.807, 2.05) is 0 Å². The number of halogens is 2. The van der Waals surface area contributed by atoms with Crippen LogP contribution in [0.25, 0.3) is 22.0 Å². The third kappa shape index (κ3) is 5.44. The SMILES string of the molecule is CNC(=O)[C@H](O)Cn1cnc2ccc(-c3cnc(OC)c(NS(=O)(=O)c4ccc(F)cc4Cl)c3)cc2c1=O. The van der Waals surface area contributed by atoms with E-state index in [4.69, 9.17) is 16.3 Å². The Balaban J connectivity index is 1.73. The lowest BCUT2D eigenvalue weighted by Gasteiger charge is -2.14. The van der Waals surface area contributed by atoms with Crippen molar-refractivity contribution in [1.29, 1.82) is 0 Å². The maximum absolute atomic E-state index is 13.4. The minimum atomic E-state index is -4.25. The monoisotopic (exact) mass is 561 g/mol. The molecule has 4 aromatic rings. The Morgan fingerprint density at radius 2 is 1.95 bits per heavy atom. The number of methoxy groups -OCH3 is 1. The number of amides is 1. The van der Waals surface area contributed by atoms with E-state index < -0.39 is 33.4 Å². The first-order valence-electron chi connectivity index (χ1n) is 10.9. The molecular formula is C24H21ClFN5O6S. The van der Waals surface area contributed by atoms with Gasteiger partial charge in [0.15, 0.2) is 6.10 Å². The lowest BCUT2D eigenvalue weighted by molar-refractivity contribution is -0.129. The first kappa shape index (κ1) is 27.0. The minimum Gasteiger partial charge on any atom is -0.480 e. The quantitative estimate of drug-likeness (QED) is 0.296. The number of aliphatic hydroxyl groups excluding tert-OH is 1. The van der Waals surface area contributed by atoms with Crippen molar-refractivity contribution >= 4 is 44.1 Å². The molecule has 0 fully saturated rings. The van der Waals surface area contributed by atoms with Gasteiger partial charge in [0, 0.05) is 18.8 Å². The Morgan fingerprint density at radius 1 is 1.18 bits per heavy atom. The average molecular weight is 562 g/mol. The summed E-state index contributed by atoms with van der Waals surface area (Å²) in [6.45, 7) is -0.298. The number of aromatic nitrogens is 3. The van der Waals surface area contributed by atoms with Gasteiger partial charge in [0.2, 0.25) is 11.8 Å². The van der Waals surface area contributed by atoms with E-state index in [1.54, 1.807) is 12.1 Å². The van der Waals surface area contributed by atoms with E-state index in [9.17, 15) is 27.5 Å². The number of nitrogens with zero attached hydrogens (tertiary/aromatic N) is 3. The second-order valence-electron chi connectivity index (χ2n) is 8.03. The van der Waals surface area contributed by atoms with E-state index >= 15 is 0 Å². The topological polar surface area (TPSA) is 153 Å². The van der Waals surface area contributed by atoms with E-state index in [-0.39, 0.29) is 33.4 Å². The van der Waals surface area contributed by atoms with E-state index in [1.165, 1.54) is 38.8 Å². The van der Waals surface area contributed by atoms with Crippen LogP contribution in [0.3, 0.4) is 0 Å². The van der Waals surface area contributed by atoms with Crippen molar-refractivity contribution in [3.8, 4) is 17.0 Å². The first-order valence-corrected chi connectivity index (χ1v) is 12.8. The highest BCUT2D eigenvalue weighted by Gasteiger charge is 2.22. The molecule has 1 atom stereocenters. The molecule has 0 aliphatic rings. The molecule has 0 saturated carbocycles. The number of hydrogen-bond donors (Lipinski definition) is 3. The molecule has 0 aliphatic carbocycles. The molecule has 0 saturated heterocycles. The van der Waals surface area contributed by atoms with Crippen molar-refractivity contribution in [3.05, 3.63) is 76.2 Å². The molecule has 2 aromatic carbocycles. The Labute approximate surface area is 220 Å². The van der Waals surface area contributed by atoms with Gasteiger partial charge in [-0.05, 0) is 42.0 Å². The van der Waals surface area contributed by atoms with Crippen molar-refractivity contribution in [1.82, 2.24) is 19.9 Å². The fraction of sp³-hybridized carbons (Fsp3) is 0.167. The number of carbonyl (C=O) groups is 1. The van der Waals surface area contributed by atoms with Crippen LogP contribution in [0.15, 0.2) is 64.7 Å². The van der Waals surface area contributed by atoms with Gasteiger partial charge in [-0.15, -0.1) is 0 Å². The Morgan fingerprint density at radius 3 is 2.63 bits per heavy atom. The Bertz CT molecular complexity index is 1710. The summed E-state index contributed by atoms with van der Waals surface area (Å²) in [5.74, 6) is -1.38. The number of carbonyl (C=O) groups excluding carboxylic acids is 1. The summed E-state index contributed by atoms with van der Waals surface area (Å²) >= 11 is 5.94. The van der Waals surface area contributed by atoms with Crippen LogP contribution in [0.1, 0.15) is 0 Å². The number of ether oxygens (including phenoxy) is 1. The van der Waals surface area contributed by atoms with Gasteiger partial charge >= 0.3 is 0 Å². The van der Waals surface area contributed by atoms with Crippen LogP contribution in [0.4, 0.5) is 10.1 Å². The zero-order valence-electron chi connectivity index (χ0n) is 20.0. The number of benzene rings is 2. The standard InChI is InChI=1S/C24H21ClFN5O6S/c1-27-22(33)20(32)11-31-12-29-18-5-3-13(7-16(18)24(31)34)14-8-19(23(37-2)28-10-14)30-38(35,36)21-6-4-15(26)9-17(21)25/h3-10,12,20,30,32H,11H2,1-2H3,(H,27,33)/t20-/m1/s1. The number of sulfonamides is 1. The Hall–Kier alpha value is -4.07. The number of anilines is 1. The summed E-state index contributed by atoms with van der Waals surface area (Å²) in [7, 11) is -1.58. The summed E-state index contributed by atoms with van der Waals surface area (Å²) in [5, 5.41) is 12.2. The molecule has 4 rings (SSSR count). The molecule has 0 radical (unpaired) electrons. The van der Waals surface area contributed by atoms with Crippen molar-refractivity contribution in [3.63, 3.8) is 0 Å². The zero-order valence-corrected chi connectivity index (χ0v) is 21.5. The van der Waals surface area contributed by atoms with Crippen molar-refractivity contribution in [2.45, 2.75) is 17.5 Å². The highest BCUT2D eigenvalue weighted by atomic mass is 35.5. The number of likely N-dealkylation sites (N-methyl/N-ethyl adjacent to an activating group) is 1. The van der Waals surface area contributed by atoms with E-state index in [0.717, 1.165) is 22.8 Å². The molecule has 2 aromatic heterocycles. The maximum Gasteiger partial charge on any atom is 0.263 e. The van der Waals surface area contributed by atoms with Crippen LogP contribution in [0, 0.1) is 5.82 Å². The van der Waals surface area contributed by atoms with Crippen LogP contribution in [-0.4, -0.2) is 54.2 Å². The highest BCUT2D eigenvalue weighted by Crippen LogP contribution is 2.32. The largest absolute Gasteiger partial charge is 0.480 e. The molecule has 0 spiro atoms. The fourth-order valence-corrected chi connectivity index (χ4v) is 5.22. The number of pyridine rings is 1. The third-order valence-electron chi connectivity index (χ3n) is 5.55. The van der Waals surface area contributed by atoms with Gasteiger partial charge < -0.3 is 15.2 Å². The Kier molecular flexibility index (Phi) is 7.62. The number of hydrogen-bond acceptors (Lipinski definition) is 8. The lowest BCUT2D eigenvalue weighted by atomic mass is 10.1. The van der Waals surface area contributed by atoms with Gasteiger partial charge in [0.25, 0.3) is 15.6 Å². The summed E-state index contributed by atoms with van der Waals surface area (Å²) in [6, 6.07) is 9.13. The number of fused-ring (bicyclic) bond motifs is 1. The predicted octanol–water partition coefficient (Wildman–Crippen LogP) is 2.17. The number of rotatable bonds is 8. The second kappa shape index (κ2) is 10.7. The lowest BCUT2D eigenvalue weighted by Crippen LogP contribution is -2.37. The molecule has 3 N–H and O–H groups in total. The van der Waals surface area contributed by atoms with Gasteiger partial charge in [-0.1, -0.05) is 17.7 Å². The van der Waals surface area contributed by atoms with Crippen molar-refractivity contribution in [2.75, 3.05) is 18.9 Å². The number of nitrogens with one attached hydrogen (secondary N) is 2. The third-order valence-corrected chi connectivity index (χ3v) is 7.40. The number of aliphatic hydroxyl groups is 1. The fourth-order valence-electron chi connectivity index (χ4n) is 3.64. The normalized spacial score (nSPS) is 12.2. The summed E-state index contributed by atoms with van der Waals surface area (Å²) in [5.41, 5.74) is 0.779.